The van der Waals surface area contributed by atoms with Crippen LogP contribution in [0.25, 0.3) is 0 Å². The molecule has 1 atom stereocenters. The molecule has 0 saturated heterocycles. The van der Waals surface area contributed by atoms with Gasteiger partial charge >= 0.3 is 0 Å². The first-order valence-electron chi connectivity index (χ1n) is 5.77. The predicted molar refractivity (Wildman–Crippen MR) is 74.4 cm³/mol. The Balaban J connectivity index is 2.64. The van der Waals surface area contributed by atoms with Gasteiger partial charge in [-0.25, -0.2) is 14.0 Å². The van der Waals surface area contributed by atoms with Crippen LogP contribution in [0.1, 0.15) is 6.92 Å². The van der Waals surface area contributed by atoms with Crippen molar-refractivity contribution in [1.82, 2.24) is 9.79 Å². The van der Waals surface area contributed by atoms with E-state index in [9.17, 15) is 9.00 Å². The van der Waals surface area contributed by atoms with Gasteiger partial charge in [-0.2, -0.15) is 0 Å². The van der Waals surface area contributed by atoms with E-state index in [1.165, 1.54) is 16.8 Å². The lowest BCUT2D eigenvalue weighted by Crippen LogP contribution is -2.34. The molecule has 1 aromatic rings. The predicted octanol–water partition coefficient (Wildman–Crippen LogP) is 0.548. The third-order valence-corrected chi connectivity index (χ3v) is 3.66. The third kappa shape index (κ3) is 5.01. The highest BCUT2D eigenvalue weighted by molar-refractivity contribution is 7.82. The van der Waals surface area contributed by atoms with Crippen LogP contribution in [0.2, 0.25) is 0 Å². The number of carbonyl (C=O) groups is 1. The number of ether oxygens (including phenoxy) is 1. The van der Waals surface area contributed by atoms with Gasteiger partial charge in [0.1, 0.15) is 23.3 Å². The molecule has 1 rings (SSSR count). The van der Waals surface area contributed by atoms with Gasteiger partial charge in [-0.1, -0.05) is 5.92 Å². The summed E-state index contributed by atoms with van der Waals surface area (Å²) in [4.78, 5) is 11.5. The van der Waals surface area contributed by atoms with E-state index in [4.69, 9.17) is 9.94 Å². The van der Waals surface area contributed by atoms with Crippen molar-refractivity contribution in [3.05, 3.63) is 24.3 Å². The highest BCUT2D eigenvalue weighted by Gasteiger charge is 2.14. The summed E-state index contributed by atoms with van der Waals surface area (Å²) in [5.74, 6) is 5.49. The first kappa shape index (κ1) is 16.2. The molecule has 0 fully saturated rings. The summed E-state index contributed by atoms with van der Waals surface area (Å²) in [5.41, 5.74) is 1.49. The number of nitrogens with one attached hydrogen (secondary N) is 1. The van der Waals surface area contributed by atoms with Crippen LogP contribution in [0, 0.1) is 11.8 Å². The molecule has 0 saturated carbocycles. The SMILES string of the molecule is CC#CCOc1ccc(S(=O)N(C)CC(=O)NO)cc1. The van der Waals surface area contributed by atoms with E-state index in [-0.39, 0.29) is 6.54 Å². The Morgan fingerprint density at radius 2 is 2.10 bits per heavy atom. The Kier molecular flexibility index (Phi) is 6.73. The molecule has 7 heteroatoms. The Hall–Kier alpha value is -1.88. The van der Waals surface area contributed by atoms with Gasteiger partial charge in [-0.15, -0.1) is 5.92 Å². The molecule has 0 aromatic heterocycles. The highest BCUT2D eigenvalue weighted by atomic mass is 32.2. The third-order valence-electron chi connectivity index (χ3n) is 2.29. The molecule has 1 aromatic carbocycles. The fourth-order valence-electron chi connectivity index (χ4n) is 1.32. The van der Waals surface area contributed by atoms with Gasteiger partial charge in [0.25, 0.3) is 5.91 Å². The van der Waals surface area contributed by atoms with E-state index in [0.29, 0.717) is 17.3 Å². The Morgan fingerprint density at radius 1 is 1.45 bits per heavy atom. The van der Waals surface area contributed by atoms with Crippen LogP contribution >= 0.6 is 0 Å². The van der Waals surface area contributed by atoms with Crippen molar-refractivity contribution in [3.8, 4) is 17.6 Å². The van der Waals surface area contributed by atoms with Crippen LogP contribution in [0.5, 0.6) is 5.75 Å². The van der Waals surface area contributed by atoms with Crippen LogP contribution in [0.4, 0.5) is 0 Å². The van der Waals surface area contributed by atoms with Crippen LogP contribution in [0.3, 0.4) is 0 Å². The minimum atomic E-state index is -1.49. The largest absolute Gasteiger partial charge is 0.481 e. The number of hydrogen-bond donors (Lipinski definition) is 2. The summed E-state index contributed by atoms with van der Waals surface area (Å²) in [6.45, 7) is 1.86. The minimum Gasteiger partial charge on any atom is -0.481 e. The van der Waals surface area contributed by atoms with Gasteiger partial charge in [0.05, 0.1) is 11.4 Å². The van der Waals surface area contributed by atoms with Crippen LogP contribution in [0.15, 0.2) is 29.2 Å². The summed E-state index contributed by atoms with van der Waals surface area (Å²) < 4.78 is 18.7. The molecule has 1 unspecified atom stereocenters. The average molecular weight is 296 g/mol. The van der Waals surface area contributed by atoms with E-state index >= 15 is 0 Å². The maximum absolute atomic E-state index is 12.1. The average Bonchev–Trinajstić information content (AvgIpc) is 2.47. The van der Waals surface area contributed by atoms with Crippen LogP contribution in [-0.2, 0) is 15.8 Å². The van der Waals surface area contributed by atoms with Crippen LogP contribution < -0.4 is 10.2 Å². The molecule has 0 aliphatic rings. The number of benzene rings is 1. The van der Waals surface area contributed by atoms with Crippen molar-refractivity contribution in [2.24, 2.45) is 0 Å². The van der Waals surface area contributed by atoms with Gasteiger partial charge in [0.2, 0.25) is 0 Å². The van der Waals surface area contributed by atoms with Crippen molar-refractivity contribution < 1.29 is 18.9 Å². The van der Waals surface area contributed by atoms with E-state index in [1.54, 1.807) is 31.2 Å². The monoisotopic (exact) mass is 296 g/mol. The van der Waals surface area contributed by atoms with Gasteiger partial charge in [0.15, 0.2) is 0 Å². The number of hydroxylamine groups is 1. The second-order valence-electron chi connectivity index (χ2n) is 3.76. The highest BCUT2D eigenvalue weighted by Crippen LogP contribution is 2.16. The molecule has 0 heterocycles. The zero-order chi connectivity index (χ0) is 15.0. The second kappa shape index (κ2) is 8.32. The minimum absolute atomic E-state index is 0.173. The molecule has 0 aliphatic heterocycles. The Bertz CT molecular complexity index is 534. The molecule has 6 nitrogen and oxygen atoms in total. The summed E-state index contributed by atoms with van der Waals surface area (Å²) in [6.07, 6.45) is 0. The van der Waals surface area contributed by atoms with E-state index in [1.807, 2.05) is 0 Å². The molecule has 0 radical (unpaired) electrons. The van der Waals surface area contributed by atoms with E-state index in [0.717, 1.165) is 0 Å². The lowest BCUT2D eigenvalue weighted by atomic mass is 10.3. The number of amides is 1. The van der Waals surface area contributed by atoms with Crippen molar-refractivity contribution in [2.45, 2.75) is 11.8 Å². The van der Waals surface area contributed by atoms with Gasteiger partial charge < -0.3 is 4.74 Å². The fourth-order valence-corrected chi connectivity index (χ4v) is 2.28. The maximum Gasteiger partial charge on any atom is 0.258 e. The number of rotatable bonds is 6. The Morgan fingerprint density at radius 3 is 2.65 bits per heavy atom. The van der Waals surface area contributed by atoms with Crippen LogP contribution in [-0.4, -0.2) is 39.8 Å². The lowest BCUT2D eigenvalue weighted by molar-refractivity contribution is -0.129. The van der Waals surface area contributed by atoms with Crippen molar-refractivity contribution in [1.29, 1.82) is 0 Å². The maximum atomic E-state index is 12.1. The molecule has 2 N–H and O–H groups in total. The fraction of sp³-hybridized carbons (Fsp3) is 0.308. The summed E-state index contributed by atoms with van der Waals surface area (Å²) in [7, 11) is 0.0324. The number of likely N-dealkylation sites (N-methyl/N-ethyl adjacent to an activating group) is 1. The zero-order valence-electron chi connectivity index (χ0n) is 11.3. The Labute approximate surface area is 120 Å². The van der Waals surface area contributed by atoms with Gasteiger partial charge in [-0.3, -0.25) is 10.0 Å². The molecule has 0 aliphatic carbocycles. The standard InChI is InChI=1S/C13H16N2O4S/c1-3-4-9-19-11-5-7-12(8-6-11)20(18)15(2)10-13(16)14-17/h5-8,17H,9-10H2,1-2H3,(H,14,16). The zero-order valence-corrected chi connectivity index (χ0v) is 12.1. The van der Waals surface area contributed by atoms with Crippen molar-refractivity contribution in [2.75, 3.05) is 20.2 Å². The summed E-state index contributed by atoms with van der Waals surface area (Å²) in [6, 6.07) is 6.67. The normalized spacial score (nSPS) is 11.4. The van der Waals surface area contributed by atoms with Gasteiger partial charge in [-0.05, 0) is 31.2 Å². The molecular weight excluding hydrogens is 280 g/mol. The number of nitrogens with zero attached hydrogens (tertiary/aromatic N) is 1. The number of hydrogen-bond acceptors (Lipinski definition) is 4. The first-order chi connectivity index (χ1) is 9.58. The molecular formula is C13H16N2O4S. The molecule has 20 heavy (non-hydrogen) atoms. The molecule has 0 spiro atoms. The molecule has 1 amide bonds. The quantitative estimate of drug-likeness (QED) is 0.456. The van der Waals surface area contributed by atoms with E-state index < -0.39 is 16.9 Å². The first-order valence-corrected chi connectivity index (χ1v) is 6.87. The lowest BCUT2D eigenvalue weighted by Gasteiger charge is -2.14. The van der Waals surface area contributed by atoms with E-state index in [2.05, 4.69) is 11.8 Å². The second-order valence-corrected chi connectivity index (χ2v) is 5.35. The smallest absolute Gasteiger partial charge is 0.258 e. The number of carbonyl (C=O) groups excluding carboxylic acids is 1. The molecule has 108 valence electrons. The summed E-state index contributed by atoms with van der Waals surface area (Å²) in [5, 5.41) is 8.42. The topological polar surface area (TPSA) is 78.9 Å². The summed E-state index contributed by atoms with van der Waals surface area (Å²) >= 11 is 0. The van der Waals surface area contributed by atoms with Gasteiger partial charge in [0, 0.05) is 7.05 Å². The van der Waals surface area contributed by atoms with Crippen molar-refractivity contribution >= 4 is 16.9 Å². The molecule has 0 bridgehead atoms. The van der Waals surface area contributed by atoms with Crippen molar-refractivity contribution in [3.63, 3.8) is 0 Å².